The highest BCUT2D eigenvalue weighted by molar-refractivity contribution is 5.96. The molecule has 1 atom stereocenters. The molecule has 2 amide bonds. The molecule has 1 aromatic heterocycles. The van der Waals surface area contributed by atoms with E-state index in [4.69, 9.17) is 4.74 Å². The number of anilines is 1. The van der Waals surface area contributed by atoms with Crippen molar-refractivity contribution in [2.75, 3.05) is 38.1 Å². The van der Waals surface area contributed by atoms with Gasteiger partial charge in [-0.15, -0.1) is 0 Å². The van der Waals surface area contributed by atoms with Crippen LogP contribution in [-0.4, -0.2) is 70.5 Å². The van der Waals surface area contributed by atoms with Crippen molar-refractivity contribution >= 4 is 28.5 Å². The predicted molar refractivity (Wildman–Crippen MR) is 134 cm³/mol. The van der Waals surface area contributed by atoms with Gasteiger partial charge in [-0.25, -0.2) is 0 Å². The Morgan fingerprint density at radius 1 is 1.03 bits per heavy atom. The molecule has 3 heterocycles. The van der Waals surface area contributed by atoms with Gasteiger partial charge in [0.25, 0.3) is 5.91 Å². The highest BCUT2D eigenvalue weighted by atomic mass is 16.5. The summed E-state index contributed by atoms with van der Waals surface area (Å²) in [6.07, 6.45) is 4.17. The largest absolute Gasteiger partial charge is 0.365 e. The number of ether oxygens (including phenoxy) is 1. The number of carbonyl (C=O) groups is 2. The van der Waals surface area contributed by atoms with Crippen LogP contribution < -0.4 is 5.32 Å². The number of benzene rings is 2. The number of rotatable bonds is 5. The maximum absolute atomic E-state index is 13.5. The molecular formula is C27H31N5O3. The lowest BCUT2D eigenvalue weighted by Crippen LogP contribution is -2.55. The lowest BCUT2D eigenvalue weighted by molar-refractivity contribution is -0.154. The van der Waals surface area contributed by atoms with Gasteiger partial charge in [0.05, 0.1) is 24.2 Å². The quantitative estimate of drug-likeness (QED) is 0.613. The molecule has 2 aliphatic heterocycles. The molecule has 2 aliphatic rings. The first-order valence-electron chi connectivity index (χ1n) is 12.2. The van der Waals surface area contributed by atoms with Gasteiger partial charge in [0, 0.05) is 36.6 Å². The summed E-state index contributed by atoms with van der Waals surface area (Å²) in [6, 6.07) is 15.8. The molecule has 1 N–H and O–H groups in total. The molecule has 0 saturated carbocycles. The van der Waals surface area contributed by atoms with Gasteiger partial charge in [0.1, 0.15) is 0 Å². The zero-order valence-electron chi connectivity index (χ0n) is 20.0. The van der Waals surface area contributed by atoms with Crippen LogP contribution in [0.5, 0.6) is 0 Å². The number of hydrogen-bond donors (Lipinski definition) is 1. The van der Waals surface area contributed by atoms with Crippen LogP contribution in [0.4, 0.5) is 5.69 Å². The van der Waals surface area contributed by atoms with E-state index >= 15 is 0 Å². The Balaban J connectivity index is 1.17. The zero-order valence-corrected chi connectivity index (χ0v) is 20.0. The molecular weight excluding hydrogens is 442 g/mol. The summed E-state index contributed by atoms with van der Waals surface area (Å²) in [5, 5.41) is 2.90. The van der Waals surface area contributed by atoms with Crippen LogP contribution in [0, 0.1) is 5.41 Å². The average Bonchev–Trinajstić information content (AvgIpc) is 2.90. The first-order chi connectivity index (χ1) is 17.0. The van der Waals surface area contributed by atoms with E-state index in [0.717, 1.165) is 38.0 Å². The van der Waals surface area contributed by atoms with Gasteiger partial charge in [0.2, 0.25) is 5.91 Å². The summed E-state index contributed by atoms with van der Waals surface area (Å²) in [7, 11) is 0. The standard InChI is InChI=1S/C27H31N5O3/c1-27(9-13-31(14-10-27)18-20-5-3-2-4-6-20)26(34)32-15-16-35-24(19-32)25(33)30-21-7-8-22-23(17-21)29-12-11-28-22/h2-8,11-12,17,24H,9-10,13-16,18-19H2,1H3,(H,30,33). The van der Waals surface area contributed by atoms with E-state index in [9.17, 15) is 9.59 Å². The number of carbonyl (C=O) groups excluding carboxylic acids is 2. The van der Waals surface area contributed by atoms with Crippen molar-refractivity contribution in [3.8, 4) is 0 Å². The third-order valence-electron chi connectivity index (χ3n) is 7.11. The van der Waals surface area contributed by atoms with Crippen molar-refractivity contribution in [1.29, 1.82) is 0 Å². The topological polar surface area (TPSA) is 87.7 Å². The van der Waals surface area contributed by atoms with E-state index in [0.29, 0.717) is 24.4 Å². The number of likely N-dealkylation sites (tertiary alicyclic amines) is 1. The van der Waals surface area contributed by atoms with Gasteiger partial charge in [-0.2, -0.15) is 0 Å². The first-order valence-corrected chi connectivity index (χ1v) is 12.2. The Morgan fingerprint density at radius 3 is 2.54 bits per heavy atom. The summed E-state index contributed by atoms with van der Waals surface area (Å²) in [6.45, 7) is 5.87. The van der Waals surface area contributed by atoms with Crippen LogP contribution in [0.2, 0.25) is 0 Å². The number of amides is 2. The Hall–Kier alpha value is -3.36. The summed E-state index contributed by atoms with van der Waals surface area (Å²) in [5.41, 5.74) is 2.98. The fourth-order valence-electron chi connectivity index (χ4n) is 4.90. The van der Waals surface area contributed by atoms with Gasteiger partial charge >= 0.3 is 0 Å². The molecule has 5 rings (SSSR count). The lowest BCUT2D eigenvalue weighted by atomic mass is 9.78. The van der Waals surface area contributed by atoms with E-state index in [1.807, 2.05) is 17.0 Å². The van der Waals surface area contributed by atoms with Crippen LogP contribution >= 0.6 is 0 Å². The number of fused-ring (bicyclic) bond motifs is 1. The fraction of sp³-hybridized carbons (Fsp3) is 0.407. The number of aromatic nitrogens is 2. The lowest BCUT2D eigenvalue weighted by Gasteiger charge is -2.43. The third kappa shape index (κ3) is 5.33. The molecule has 2 aromatic carbocycles. The van der Waals surface area contributed by atoms with Crippen LogP contribution in [0.1, 0.15) is 25.3 Å². The van der Waals surface area contributed by atoms with Crippen molar-refractivity contribution in [3.63, 3.8) is 0 Å². The van der Waals surface area contributed by atoms with Crippen LogP contribution in [0.3, 0.4) is 0 Å². The number of nitrogens with one attached hydrogen (secondary N) is 1. The zero-order chi connectivity index (χ0) is 24.3. The van der Waals surface area contributed by atoms with Crippen LogP contribution in [0.25, 0.3) is 11.0 Å². The van der Waals surface area contributed by atoms with Gasteiger partial charge in [-0.05, 0) is 49.7 Å². The Bertz CT molecular complexity index is 1190. The van der Waals surface area contributed by atoms with Gasteiger partial charge < -0.3 is 15.0 Å². The summed E-state index contributed by atoms with van der Waals surface area (Å²) in [4.78, 5) is 39.2. The molecule has 35 heavy (non-hydrogen) atoms. The van der Waals surface area contributed by atoms with E-state index in [1.165, 1.54) is 5.56 Å². The van der Waals surface area contributed by atoms with E-state index in [2.05, 4.69) is 51.4 Å². The molecule has 2 saturated heterocycles. The maximum atomic E-state index is 13.5. The second kappa shape index (κ2) is 10.1. The monoisotopic (exact) mass is 473 g/mol. The van der Waals surface area contributed by atoms with Crippen molar-refractivity contribution in [2.45, 2.75) is 32.4 Å². The molecule has 182 valence electrons. The number of nitrogens with zero attached hydrogens (tertiary/aromatic N) is 4. The first kappa shape index (κ1) is 23.4. The summed E-state index contributed by atoms with van der Waals surface area (Å²) in [5.74, 6) is -0.132. The summed E-state index contributed by atoms with van der Waals surface area (Å²) >= 11 is 0. The Morgan fingerprint density at radius 2 is 1.77 bits per heavy atom. The highest BCUT2D eigenvalue weighted by Gasteiger charge is 2.41. The van der Waals surface area contributed by atoms with Crippen LogP contribution in [0.15, 0.2) is 60.9 Å². The van der Waals surface area contributed by atoms with Crippen molar-refractivity contribution in [3.05, 3.63) is 66.5 Å². The molecule has 0 aliphatic carbocycles. The number of hydrogen-bond acceptors (Lipinski definition) is 6. The minimum atomic E-state index is -0.702. The Kier molecular flexibility index (Phi) is 6.74. The molecule has 0 bridgehead atoms. The Labute approximate surface area is 205 Å². The molecule has 0 radical (unpaired) electrons. The van der Waals surface area contributed by atoms with E-state index in [1.54, 1.807) is 24.5 Å². The smallest absolute Gasteiger partial charge is 0.255 e. The van der Waals surface area contributed by atoms with E-state index in [-0.39, 0.29) is 18.4 Å². The molecule has 2 fully saturated rings. The minimum Gasteiger partial charge on any atom is -0.365 e. The predicted octanol–water partition coefficient (Wildman–Crippen LogP) is 3.10. The van der Waals surface area contributed by atoms with Crippen molar-refractivity contribution < 1.29 is 14.3 Å². The third-order valence-corrected chi connectivity index (χ3v) is 7.11. The SMILES string of the molecule is CC1(C(=O)N2CCOC(C(=O)Nc3ccc4nccnc4c3)C2)CCN(Cc2ccccc2)CC1. The number of morpholine rings is 1. The molecule has 0 spiro atoms. The normalized spacial score (nSPS) is 20.5. The second-order valence-electron chi connectivity index (χ2n) is 9.68. The maximum Gasteiger partial charge on any atom is 0.255 e. The molecule has 8 heteroatoms. The fourth-order valence-corrected chi connectivity index (χ4v) is 4.90. The minimum absolute atomic E-state index is 0.124. The van der Waals surface area contributed by atoms with Gasteiger partial charge in [0.15, 0.2) is 6.10 Å². The summed E-state index contributed by atoms with van der Waals surface area (Å²) < 4.78 is 5.74. The number of piperidine rings is 1. The van der Waals surface area contributed by atoms with Crippen LogP contribution in [-0.2, 0) is 20.9 Å². The molecule has 3 aromatic rings. The van der Waals surface area contributed by atoms with Gasteiger partial charge in [-0.1, -0.05) is 37.3 Å². The second-order valence-corrected chi connectivity index (χ2v) is 9.68. The van der Waals surface area contributed by atoms with E-state index < -0.39 is 11.5 Å². The van der Waals surface area contributed by atoms with Crippen molar-refractivity contribution in [1.82, 2.24) is 19.8 Å². The average molecular weight is 474 g/mol. The van der Waals surface area contributed by atoms with Gasteiger partial charge in [-0.3, -0.25) is 24.5 Å². The van der Waals surface area contributed by atoms with Crippen molar-refractivity contribution in [2.24, 2.45) is 5.41 Å². The highest BCUT2D eigenvalue weighted by Crippen LogP contribution is 2.34. The molecule has 1 unspecified atom stereocenters. The molecule has 8 nitrogen and oxygen atoms in total.